The molecule has 2 rings (SSSR count). The Balaban J connectivity index is 1.71. The van der Waals surface area contributed by atoms with E-state index in [0.29, 0.717) is 22.5 Å². The summed E-state index contributed by atoms with van der Waals surface area (Å²) in [6.07, 6.45) is 3.59. The van der Waals surface area contributed by atoms with Gasteiger partial charge in [-0.2, -0.15) is 0 Å². The fourth-order valence-corrected chi connectivity index (χ4v) is 3.56. The Hall–Kier alpha value is -1.10. The van der Waals surface area contributed by atoms with Crippen LogP contribution in [0.1, 0.15) is 39.5 Å². The number of benzene rings is 1. The second-order valence-corrected chi connectivity index (χ2v) is 7.51. The Kier molecular flexibility index (Phi) is 5.25. The summed E-state index contributed by atoms with van der Waals surface area (Å²) < 4.78 is 25.8. The van der Waals surface area contributed by atoms with E-state index in [-0.39, 0.29) is 11.9 Å². The van der Waals surface area contributed by atoms with Crippen molar-refractivity contribution in [3.8, 4) is 0 Å². The molecule has 0 aromatic heterocycles. The molecule has 0 radical (unpaired) electrons. The number of halogens is 2. The quantitative estimate of drug-likeness (QED) is 0.828. The second kappa shape index (κ2) is 6.77. The maximum absolute atomic E-state index is 13.0. The van der Waals surface area contributed by atoms with Crippen molar-refractivity contribution in [3.63, 3.8) is 0 Å². The highest BCUT2D eigenvalue weighted by Crippen LogP contribution is 2.36. The lowest BCUT2D eigenvalue weighted by atomic mass is 9.92. The molecular weight excluding hydrogens is 292 g/mol. The summed E-state index contributed by atoms with van der Waals surface area (Å²) in [6, 6.07) is 4.08. The van der Waals surface area contributed by atoms with Gasteiger partial charge in [-0.25, -0.2) is 8.78 Å². The number of thioether (sulfide) groups is 1. The summed E-state index contributed by atoms with van der Waals surface area (Å²) >= 11 is 1.36. The Bertz CT molecular complexity index is 519. The molecule has 0 heterocycles. The molecule has 1 aromatic rings. The molecule has 116 valence electrons. The summed E-state index contributed by atoms with van der Waals surface area (Å²) in [5.74, 6) is -1.10. The maximum Gasteiger partial charge on any atom is 0.221 e. The van der Waals surface area contributed by atoms with E-state index in [1.165, 1.54) is 17.8 Å². The van der Waals surface area contributed by atoms with Crippen LogP contribution in [-0.2, 0) is 4.79 Å². The minimum atomic E-state index is -0.849. The number of carbonyl (C=O) groups excluding carboxylic acids is 1. The first-order valence-electron chi connectivity index (χ1n) is 7.23. The van der Waals surface area contributed by atoms with Crippen molar-refractivity contribution in [1.29, 1.82) is 0 Å². The van der Waals surface area contributed by atoms with Gasteiger partial charge in [0, 0.05) is 23.1 Å². The van der Waals surface area contributed by atoms with Gasteiger partial charge in [-0.05, 0) is 42.9 Å². The zero-order chi connectivity index (χ0) is 15.5. The van der Waals surface area contributed by atoms with Crippen LogP contribution in [0.4, 0.5) is 8.78 Å². The minimum Gasteiger partial charge on any atom is -0.353 e. The summed E-state index contributed by atoms with van der Waals surface area (Å²) in [5.41, 5.74) is 0.318. The average molecular weight is 313 g/mol. The molecule has 1 aromatic carbocycles. The van der Waals surface area contributed by atoms with E-state index < -0.39 is 11.6 Å². The molecule has 1 fully saturated rings. The van der Waals surface area contributed by atoms with E-state index in [1.807, 2.05) is 0 Å². The third-order valence-electron chi connectivity index (χ3n) is 3.82. The largest absolute Gasteiger partial charge is 0.353 e. The molecule has 0 spiro atoms. The molecule has 1 saturated carbocycles. The topological polar surface area (TPSA) is 29.1 Å². The van der Waals surface area contributed by atoms with Crippen molar-refractivity contribution in [3.05, 3.63) is 29.8 Å². The predicted octanol–water partition coefficient (Wildman–Crippen LogP) is 4.14. The van der Waals surface area contributed by atoms with Crippen molar-refractivity contribution in [2.24, 2.45) is 5.41 Å². The van der Waals surface area contributed by atoms with Crippen molar-refractivity contribution in [2.45, 2.75) is 50.5 Å². The van der Waals surface area contributed by atoms with Gasteiger partial charge in [0.25, 0.3) is 0 Å². The first-order valence-corrected chi connectivity index (χ1v) is 8.21. The Morgan fingerprint density at radius 2 is 2.14 bits per heavy atom. The third-order valence-corrected chi connectivity index (χ3v) is 4.82. The van der Waals surface area contributed by atoms with Crippen LogP contribution in [0.15, 0.2) is 23.1 Å². The van der Waals surface area contributed by atoms with Crippen LogP contribution >= 0.6 is 11.8 Å². The van der Waals surface area contributed by atoms with Gasteiger partial charge in [-0.1, -0.05) is 13.8 Å². The highest BCUT2D eigenvalue weighted by molar-refractivity contribution is 7.99. The number of hydrogen-bond acceptors (Lipinski definition) is 2. The van der Waals surface area contributed by atoms with Crippen molar-refractivity contribution >= 4 is 17.7 Å². The predicted molar refractivity (Wildman–Crippen MR) is 81.3 cm³/mol. The molecule has 1 aliphatic rings. The lowest BCUT2D eigenvalue weighted by Crippen LogP contribution is -2.33. The van der Waals surface area contributed by atoms with E-state index in [4.69, 9.17) is 0 Å². The molecular formula is C16H21F2NOS. The van der Waals surface area contributed by atoms with Crippen molar-refractivity contribution in [2.75, 3.05) is 5.75 Å². The van der Waals surface area contributed by atoms with Crippen LogP contribution in [0.25, 0.3) is 0 Å². The maximum atomic E-state index is 13.0. The van der Waals surface area contributed by atoms with Gasteiger partial charge in [-0.3, -0.25) is 4.79 Å². The van der Waals surface area contributed by atoms with Gasteiger partial charge < -0.3 is 5.32 Å². The number of carbonyl (C=O) groups is 1. The van der Waals surface area contributed by atoms with Gasteiger partial charge in [0.1, 0.15) is 0 Å². The lowest BCUT2D eigenvalue weighted by molar-refractivity contribution is -0.121. The number of hydrogen-bond donors (Lipinski definition) is 1. The SMILES string of the molecule is CC1(C)CCC(NC(=O)CCSc2ccc(F)c(F)c2)C1. The first kappa shape index (κ1) is 16.3. The van der Waals surface area contributed by atoms with Gasteiger partial charge in [0.05, 0.1) is 0 Å². The molecule has 21 heavy (non-hydrogen) atoms. The monoisotopic (exact) mass is 313 g/mol. The van der Waals surface area contributed by atoms with Crippen molar-refractivity contribution in [1.82, 2.24) is 5.32 Å². The molecule has 0 aliphatic heterocycles. The van der Waals surface area contributed by atoms with Crippen LogP contribution in [-0.4, -0.2) is 17.7 Å². The minimum absolute atomic E-state index is 0.0350. The summed E-state index contributed by atoms with van der Waals surface area (Å²) in [4.78, 5) is 12.5. The fourth-order valence-electron chi connectivity index (χ4n) is 2.69. The second-order valence-electron chi connectivity index (χ2n) is 6.35. The molecule has 2 nitrogen and oxygen atoms in total. The Morgan fingerprint density at radius 1 is 1.38 bits per heavy atom. The van der Waals surface area contributed by atoms with Crippen LogP contribution in [0, 0.1) is 17.0 Å². The summed E-state index contributed by atoms with van der Waals surface area (Å²) in [7, 11) is 0. The number of nitrogens with one attached hydrogen (secondary N) is 1. The van der Waals surface area contributed by atoms with Crippen molar-refractivity contribution < 1.29 is 13.6 Å². The van der Waals surface area contributed by atoms with E-state index in [9.17, 15) is 13.6 Å². The molecule has 5 heteroatoms. The zero-order valence-corrected chi connectivity index (χ0v) is 13.2. The molecule has 1 amide bonds. The van der Waals surface area contributed by atoms with Gasteiger partial charge in [-0.15, -0.1) is 11.8 Å². The van der Waals surface area contributed by atoms with Crippen LogP contribution in [0.2, 0.25) is 0 Å². The third kappa shape index (κ3) is 4.99. The van der Waals surface area contributed by atoms with E-state index in [1.54, 1.807) is 0 Å². The molecule has 1 unspecified atom stereocenters. The number of amides is 1. The first-order chi connectivity index (χ1) is 9.85. The normalized spacial score (nSPS) is 20.5. The smallest absolute Gasteiger partial charge is 0.221 e. The van der Waals surface area contributed by atoms with E-state index in [0.717, 1.165) is 31.4 Å². The van der Waals surface area contributed by atoms with Gasteiger partial charge >= 0.3 is 0 Å². The van der Waals surface area contributed by atoms with E-state index >= 15 is 0 Å². The molecule has 1 atom stereocenters. The Morgan fingerprint density at radius 3 is 2.76 bits per heavy atom. The molecule has 1 aliphatic carbocycles. The number of rotatable bonds is 5. The van der Waals surface area contributed by atoms with E-state index in [2.05, 4.69) is 19.2 Å². The lowest BCUT2D eigenvalue weighted by Gasteiger charge is -2.17. The Labute approximate surface area is 128 Å². The molecule has 1 N–H and O–H groups in total. The molecule has 0 saturated heterocycles. The highest BCUT2D eigenvalue weighted by Gasteiger charge is 2.31. The fraction of sp³-hybridized carbons (Fsp3) is 0.562. The zero-order valence-electron chi connectivity index (χ0n) is 12.4. The van der Waals surface area contributed by atoms with Crippen LogP contribution in [0.3, 0.4) is 0 Å². The standard InChI is InChI=1S/C16H21F2NOS/c1-16(2)7-5-11(10-16)19-15(20)6-8-21-12-3-4-13(17)14(18)9-12/h3-4,9,11H,5-8,10H2,1-2H3,(H,19,20). The highest BCUT2D eigenvalue weighted by atomic mass is 32.2. The van der Waals surface area contributed by atoms with Gasteiger partial charge in [0.2, 0.25) is 5.91 Å². The van der Waals surface area contributed by atoms with Crippen LogP contribution in [0.5, 0.6) is 0 Å². The average Bonchev–Trinajstić information content (AvgIpc) is 2.73. The summed E-state index contributed by atoms with van der Waals surface area (Å²) in [6.45, 7) is 4.44. The molecule has 0 bridgehead atoms. The van der Waals surface area contributed by atoms with Gasteiger partial charge in [0.15, 0.2) is 11.6 Å². The van der Waals surface area contributed by atoms with Crippen LogP contribution < -0.4 is 5.32 Å². The summed E-state index contributed by atoms with van der Waals surface area (Å²) in [5, 5.41) is 3.05.